The molecule has 1 aromatic heterocycles. The highest BCUT2D eigenvalue weighted by molar-refractivity contribution is 9.10. The largest absolute Gasteiger partial charge is 0.436 e. The van der Waals surface area contributed by atoms with Gasteiger partial charge in [-0.15, -0.1) is 0 Å². The fraction of sp³-hybridized carbons (Fsp3) is 0.636. The van der Waals surface area contributed by atoms with Crippen molar-refractivity contribution in [1.29, 1.82) is 0 Å². The standard InChI is InChI=1S/C11H15BrF3N3O2/c1-6-8(12)9(11(13,14)15)17-18(6)7(2)10(20)16-4-3-5-19/h7,19H,3-5H2,1-2H3,(H,16,20)/t7-/m0/s1. The monoisotopic (exact) mass is 357 g/mol. The molecular weight excluding hydrogens is 343 g/mol. The lowest BCUT2D eigenvalue weighted by Gasteiger charge is -2.14. The molecule has 1 amide bonds. The molecular formula is C11H15BrF3N3O2. The molecule has 0 fully saturated rings. The first-order valence-electron chi connectivity index (χ1n) is 5.90. The molecule has 0 saturated carbocycles. The minimum Gasteiger partial charge on any atom is -0.396 e. The Bertz CT molecular complexity index is 488. The lowest BCUT2D eigenvalue weighted by Crippen LogP contribution is -2.33. The smallest absolute Gasteiger partial charge is 0.396 e. The number of hydrogen-bond acceptors (Lipinski definition) is 3. The Labute approximate surface area is 122 Å². The van der Waals surface area contributed by atoms with Gasteiger partial charge in [0.05, 0.1) is 10.2 Å². The van der Waals surface area contributed by atoms with Gasteiger partial charge in [-0.05, 0) is 36.2 Å². The molecule has 5 nitrogen and oxygen atoms in total. The summed E-state index contributed by atoms with van der Waals surface area (Å²) in [5.74, 6) is -0.453. The summed E-state index contributed by atoms with van der Waals surface area (Å²) in [5, 5.41) is 14.6. The highest BCUT2D eigenvalue weighted by Crippen LogP contribution is 2.36. The van der Waals surface area contributed by atoms with Crippen LogP contribution in [0.3, 0.4) is 0 Å². The van der Waals surface area contributed by atoms with Gasteiger partial charge < -0.3 is 10.4 Å². The van der Waals surface area contributed by atoms with Crippen LogP contribution >= 0.6 is 15.9 Å². The molecule has 1 atom stereocenters. The Morgan fingerprint density at radius 3 is 2.60 bits per heavy atom. The van der Waals surface area contributed by atoms with Crippen LogP contribution in [-0.4, -0.2) is 33.9 Å². The van der Waals surface area contributed by atoms with Crippen molar-refractivity contribution < 1.29 is 23.1 Å². The molecule has 2 N–H and O–H groups in total. The van der Waals surface area contributed by atoms with Crippen molar-refractivity contribution in [2.45, 2.75) is 32.5 Å². The number of hydrogen-bond donors (Lipinski definition) is 2. The van der Waals surface area contributed by atoms with Crippen molar-refractivity contribution in [2.75, 3.05) is 13.2 Å². The van der Waals surface area contributed by atoms with Gasteiger partial charge in [0.2, 0.25) is 5.91 Å². The number of aliphatic hydroxyl groups excluding tert-OH is 1. The quantitative estimate of drug-likeness (QED) is 0.792. The lowest BCUT2D eigenvalue weighted by molar-refractivity contribution is -0.142. The Morgan fingerprint density at radius 2 is 2.15 bits per heavy atom. The minimum absolute atomic E-state index is 0.0702. The predicted octanol–water partition coefficient (Wildman–Crippen LogP) is 2.03. The molecule has 1 aromatic rings. The first kappa shape index (κ1) is 17.0. The van der Waals surface area contributed by atoms with Gasteiger partial charge >= 0.3 is 6.18 Å². The van der Waals surface area contributed by atoms with Gasteiger partial charge in [0.15, 0.2) is 5.69 Å². The van der Waals surface area contributed by atoms with Gasteiger partial charge in [-0.25, -0.2) is 0 Å². The van der Waals surface area contributed by atoms with E-state index in [4.69, 9.17) is 5.11 Å². The molecule has 0 bridgehead atoms. The van der Waals surface area contributed by atoms with E-state index in [2.05, 4.69) is 26.3 Å². The number of carbonyl (C=O) groups excluding carboxylic acids is 1. The van der Waals surface area contributed by atoms with E-state index < -0.39 is 23.8 Å². The van der Waals surface area contributed by atoms with Crippen molar-refractivity contribution in [3.8, 4) is 0 Å². The van der Waals surface area contributed by atoms with Crippen LogP contribution in [0.5, 0.6) is 0 Å². The summed E-state index contributed by atoms with van der Waals surface area (Å²) in [6.07, 6.45) is -4.20. The number of rotatable bonds is 5. The third-order valence-corrected chi connectivity index (χ3v) is 3.68. The van der Waals surface area contributed by atoms with Crippen LogP contribution in [0.25, 0.3) is 0 Å². The van der Waals surface area contributed by atoms with E-state index in [1.165, 1.54) is 13.8 Å². The molecule has 0 aliphatic carbocycles. The number of carbonyl (C=O) groups is 1. The first-order chi connectivity index (χ1) is 9.20. The number of halogens is 4. The van der Waals surface area contributed by atoms with Crippen molar-refractivity contribution in [2.24, 2.45) is 0 Å². The van der Waals surface area contributed by atoms with Gasteiger partial charge in [-0.1, -0.05) is 0 Å². The molecule has 9 heteroatoms. The van der Waals surface area contributed by atoms with Crippen LogP contribution in [0.2, 0.25) is 0 Å². The van der Waals surface area contributed by atoms with Gasteiger partial charge in [0, 0.05) is 13.2 Å². The Kier molecular flexibility index (Phi) is 5.58. The molecule has 0 aliphatic rings. The molecule has 0 spiro atoms. The van der Waals surface area contributed by atoms with Crippen LogP contribution in [0, 0.1) is 6.92 Å². The Hall–Kier alpha value is -1.09. The number of aromatic nitrogens is 2. The van der Waals surface area contributed by atoms with Crippen molar-refractivity contribution in [3.05, 3.63) is 15.9 Å². The SMILES string of the molecule is Cc1c(Br)c(C(F)(F)F)nn1[C@@H](C)C(=O)NCCCO. The van der Waals surface area contributed by atoms with E-state index in [0.29, 0.717) is 6.42 Å². The van der Waals surface area contributed by atoms with Gasteiger partial charge in [-0.2, -0.15) is 18.3 Å². The molecule has 114 valence electrons. The van der Waals surface area contributed by atoms with Crippen LogP contribution in [0.1, 0.15) is 30.8 Å². The molecule has 0 unspecified atom stereocenters. The summed E-state index contributed by atoms with van der Waals surface area (Å²) in [6, 6.07) is -0.874. The van der Waals surface area contributed by atoms with Crippen LogP contribution in [0.4, 0.5) is 13.2 Å². The van der Waals surface area contributed by atoms with Gasteiger partial charge in [0.25, 0.3) is 0 Å². The maximum Gasteiger partial charge on any atom is 0.436 e. The fourth-order valence-electron chi connectivity index (χ4n) is 1.61. The first-order valence-corrected chi connectivity index (χ1v) is 6.69. The summed E-state index contributed by atoms with van der Waals surface area (Å²) in [7, 11) is 0. The summed E-state index contributed by atoms with van der Waals surface area (Å²) in [4.78, 5) is 11.8. The van der Waals surface area contributed by atoms with E-state index in [0.717, 1.165) is 4.68 Å². The van der Waals surface area contributed by atoms with Gasteiger partial charge in [-0.3, -0.25) is 9.48 Å². The molecule has 0 aliphatic heterocycles. The second kappa shape index (κ2) is 6.57. The number of alkyl halides is 3. The number of nitrogens with zero attached hydrogens (tertiary/aromatic N) is 2. The predicted molar refractivity (Wildman–Crippen MR) is 69.1 cm³/mol. The Morgan fingerprint density at radius 1 is 1.55 bits per heavy atom. The maximum atomic E-state index is 12.7. The minimum atomic E-state index is -4.58. The zero-order valence-electron chi connectivity index (χ0n) is 11.0. The molecule has 20 heavy (non-hydrogen) atoms. The third kappa shape index (κ3) is 3.72. The zero-order valence-corrected chi connectivity index (χ0v) is 12.5. The fourth-order valence-corrected chi connectivity index (χ4v) is 2.09. The van der Waals surface area contributed by atoms with E-state index >= 15 is 0 Å². The van der Waals surface area contributed by atoms with Crippen molar-refractivity contribution in [1.82, 2.24) is 15.1 Å². The summed E-state index contributed by atoms with van der Waals surface area (Å²) < 4.78 is 39.0. The maximum absolute atomic E-state index is 12.7. The van der Waals surface area contributed by atoms with Crippen molar-refractivity contribution in [3.63, 3.8) is 0 Å². The molecule has 0 saturated heterocycles. The number of amides is 1. The zero-order chi connectivity index (χ0) is 15.5. The van der Waals surface area contributed by atoms with E-state index in [9.17, 15) is 18.0 Å². The second-order valence-electron chi connectivity index (χ2n) is 4.23. The normalized spacial score (nSPS) is 13.3. The molecule has 1 rings (SSSR count). The highest BCUT2D eigenvalue weighted by Gasteiger charge is 2.38. The van der Waals surface area contributed by atoms with Crippen molar-refractivity contribution >= 4 is 21.8 Å². The topological polar surface area (TPSA) is 67.2 Å². The average molecular weight is 358 g/mol. The summed E-state index contributed by atoms with van der Waals surface area (Å²) >= 11 is 2.85. The van der Waals surface area contributed by atoms with Crippen LogP contribution in [0.15, 0.2) is 4.47 Å². The van der Waals surface area contributed by atoms with Gasteiger partial charge in [0.1, 0.15) is 6.04 Å². The van der Waals surface area contributed by atoms with Crippen LogP contribution < -0.4 is 5.32 Å². The molecule has 0 radical (unpaired) electrons. The average Bonchev–Trinajstić information content (AvgIpc) is 2.65. The van der Waals surface area contributed by atoms with E-state index in [-0.39, 0.29) is 23.3 Å². The molecule has 1 heterocycles. The Balaban J connectivity index is 2.94. The third-order valence-electron chi connectivity index (χ3n) is 2.73. The van der Waals surface area contributed by atoms with Crippen LogP contribution in [-0.2, 0) is 11.0 Å². The number of aliphatic hydroxyl groups is 1. The molecule has 0 aromatic carbocycles. The lowest BCUT2D eigenvalue weighted by atomic mass is 10.3. The number of nitrogens with one attached hydrogen (secondary N) is 1. The van der Waals surface area contributed by atoms with E-state index in [1.54, 1.807) is 0 Å². The summed E-state index contributed by atoms with van der Waals surface area (Å²) in [5.41, 5.74) is -0.827. The van der Waals surface area contributed by atoms with E-state index in [1.807, 2.05) is 0 Å². The summed E-state index contributed by atoms with van der Waals surface area (Å²) in [6.45, 7) is 3.09. The second-order valence-corrected chi connectivity index (χ2v) is 5.03. The highest BCUT2D eigenvalue weighted by atomic mass is 79.9.